The minimum atomic E-state index is -3.13. The van der Waals surface area contributed by atoms with Crippen LogP contribution in [0.4, 0.5) is 13.6 Å². The topological polar surface area (TPSA) is 159 Å². The number of amides is 4. The molecule has 3 atom stereocenters. The highest BCUT2D eigenvalue weighted by Crippen LogP contribution is 2.47. The number of alkyl halides is 2. The van der Waals surface area contributed by atoms with Crippen LogP contribution in [0.5, 0.6) is 0 Å². The molecule has 3 unspecified atom stereocenters. The lowest BCUT2D eigenvalue weighted by atomic mass is 9.72. The van der Waals surface area contributed by atoms with Crippen LogP contribution >= 0.6 is 0 Å². The standard InChI is InChI=1S/C24H38F2N4O6/c1-22(2,3)17(29-21(35)36)20(34)30-13-24(9-6-5-7-10-24)12-15(30)19(33)28-14(16(31)18(27)32)8-11-23(4,25)26/h14-15,17,29H,5-13H2,1-4H3,(H2,27,32)(H,28,33)(H,35,36). The SMILES string of the molecule is CC(F)(F)CCC(NC(=O)C1CC2(CCCCC2)CN1C(=O)C(NC(=O)O)C(C)(C)C)C(=O)C(N)=O. The molecule has 0 radical (unpaired) electrons. The van der Waals surface area contributed by atoms with Gasteiger partial charge in [-0.15, -0.1) is 0 Å². The molecule has 10 nitrogen and oxygen atoms in total. The number of rotatable bonds is 9. The number of likely N-dealkylation sites (tertiary alicyclic amines) is 1. The fraction of sp³-hybridized carbons (Fsp3) is 0.792. The number of carbonyl (C=O) groups excluding carboxylic acids is 4. The average molecular weight is 517 g/mol. The molecule has 1 saturated heterocycles. The van der Waals surface area contributed by atoms with Crippen molar-refractivity contribution in [3.05, 3.63) is 0 Å². The van der Waals surface area contributed by atoms with Gasteiger partial charge in [0.25, 0.3) is 5.91 Å². The monoisotopic (exact) mass is 516 g/mol. The lowest BCUT2D eigenvalue weighted by Crippen LogP contribution is -2.58. The van der Waals surface area contributed by atoms with E-state index in [1.54, 1.807) is 20.8 Å². The van der Waals surface area contributed by atoms with Crippen molar-refractivity contribution in [1.29, 1.82) is 0 Å². The minimum absolute atomic E-state index is 0.235. The molecule has 1 spiro atoms. The normalized spacial score (nSPS) is 21.5. The van der Waals surface area contributed by atoms with Crippen molar-refractivity contribution in [2.24, 2.45) is 16.6 Å². The van der Waals surface area contributed by atoms with E-state index in [-0.39, 0.29) is 18.4 Å². The van der Waals surface area contributed by atoms with Gasteiger partial charge in [0, 0.05) is 13.0 Å². The Morgan fingerprint density at radius 2 is 1.64 bits per heavy atom. The highest BCUT2D eigenvalue weighted by atomic mass is 19.3. The summed E-state index contributed by atoms with van der Waals surface area (Å²) in [7, 11) is 0. The number of halogens is 2. The summed E-state index contributed by atoms with van der Waals surface area (Å²) >= 11 is 0. The molecule has 0 aromatic carbocycles. The third kappa shape index (κ3) is 7.60. The second-order valence-corrected chi connectivity index (χ2v) is 11.4. The number of nitrogens with zero attached hydrogens (tertiary/aromatic N) is 1. The Bertz CT molecular complexity index is 877. The molecule has 4 amide bonds. The first-order chi connectivity index (χ1) is 16.5. The number of carboxylic acid groups (broad SMARTS) is 1. The van der Waals surface area contributed by atoms with E-state index in [1.807, 2.05) is 0 Å². The molecule has 1 aliphatic carbocycles. The quantitative estimate of drug-likeness (QED) is 0.344. The molecule has 1 saturated carbocycles. The van der Waals surface area contributed by atoms with Gasteiger partial charge in [0.1, 0.15) is 12.1 Å². The number of carbonyl (C=O) groups is 5. The van der Waals surface area contributed by atoms with E-state index in [0.29, 0.717) is 6.92 Å². The van der Waals surface area contributed by atoms with Crippen molar-refractivity contribution >= 4 is 29.6 Å². The molecule has 2 rings (SSSR count). The first kappa shape index (κ1) is 29.4. The van der Waals surface area contributed by atoms with Gasteiger partial charge in [0.15, 0.2) is 0 Å². The predicted molar refractivity (Wildman–Crippen MR) is 126 cm³/mol. The van der Waals surface area contributed by atoms with E-state index in [9.17, 15) is 37.9 Å². The number of Topliss-reactive ketones (excluding diaryl/α,β-unsaturated/α-hetero) is 1. The average Bonchev–Trinajstić information content (AvgIpc) is 3.11. The third-order valence-electron chi connectivity index (χ3n) is 7.14. The summed E-state index contributed by atoms with van der Waals surface area (Å²) in [6, 6.07) is -3.76. The number of primary amides is 1. The van der Waals surface area contributed by atoms with Crippen LogP contribution in [-0.4, -0.2) is 70.2 Å². The molecular formula is C24H38F2N4O6. The van der Waals surface area contributed by atoms with Gasteiger partial charge in [-0.3, -0.25) is 19.2 Å². The smallest absolute Gasteiger partial charge is 0.405 e. The minimum Gasteiger partial charge on any atom is -0.465 e. The van der Waals surface area contributed by atoms with E-state index in [2.05, 4.69) is 10.6 Å². The Hall–Kier alpha value is -2.79. The summed E-state index contributed by atoms with van der Waals surface area (Å²) in [6.45, 7) is 5.98. The van der Waals surface area contributed by atoms with E-state index in [4.69, 9.17) is 5.73 Å². The lowest BCUT2D eigenvalue weighted by Gasteiger charge is -2.36. The summed E-state index contributed by atoms with van der Waals surface area (Å²) in [5.41, 5.74) is 3.92. The maximum Gasteiger partial charge on any atom is 0.405 e. The second kappa shape index (κ2) is 11.1. The van der Waals surface area contributed by atoms with Crippen molar-refractivity contribution in [1.82, 2.24) is 15.5 Å². The zero-order chi connectivity index (χ0) is 27.5. The van der Waals surface area contributed by atoms with Gasteiger partial charge >= 0.3 is 6.09 Å². The molecule has 0 aromatic rings. The molecule has 1 heterocycles. The molecular weight excluding hydrogens is 478 g/mol. The van der Waals surface area contributed by atoms with Gasteiger partial charge in [0.2, 0.25) is 23.5 Å². The summed E-state index contributed by atoms with van der Waals surface area (Å²) in [5.74, 6) is -7.03. The van der Waals surface area contributed by atoms with Gasteiger partial charge in [-0.1, -0.05) is 40.0 Å². The number of nitrogens with one attached hydrogen (secondary N) is 2. The van der Waals surface area contributed by atoms with Crippen molar-refractivity contribution in [3.8, 4) is 0 Å². The molecule has 12 heteroatoms. The number of hydrogen-bond acceptors (Lipinski definition) is 5. The van der Waals surface area contributed by atoms with Crippen LogP contribution < -0.4 is 16.4 Å². The van der Waals surface area contributed by atoms with Crippen LogP contribution in [0.25, 0.3) is 0 Å². The fourth-order valence-corrected chi connectivity index (χ4v) is 5.23. The molecule has 36 heavy (non-hydrogen) atoms. The van der Waals surface area contributed by atoms with Crippen molar-refractivity contribution in [2.75, 3.05) is 6.54 Å². The Kier molecular flexibility index (Phi) is 9.06. The molecule has 0 bridgehead atoms. The zero-order valence-corrected chi connectivity index (χ0v) is 21.4. The molecule has 5 N–H and O–H groups in total. The Balaban J connectivity index is 2.36. The highest BCUT2D eigenvalue weighted by molar-refractivity contribution is 6.37. The molecule has 2 fully saturated rings. The summed E-state index contributed by atoms with van der Waals surface area (Å²) in [5, 5.41) is 13.9. The Labute approximate surface area is 209 Å². The first-order valence-electron chi connectivity index (χ1n) is 12.3. The van der Waals surface area contributed by atoms with Gasteiger partial charge in [-0.2, -0.15) is 0 Å². The van der Waals surface area contributed by atoms with E-state index < -0.39 is 71.9 Å². The molecule has 0 aromatic heterocycles. The summed E-state index contributed by atoms with van der Waals surface area (Å²) < 4.78 is 26.9. The maximum atomic E-state index is 13.6. The van der Waals surface area contributed by atoms with Crippen LogP contribution in [0.15, 0.2) is 0 Å². The maximum absolute atomic E-state index is 13.6. The van der Waals surface area contributed by atoms with Crippen LogP contribution in [0, 0.1) is 10.8 Å². The van der Waals surface area contributed by atoms with Gasteiger partial charge in [-0.05, 0) is 43.4 Å². The van der Waals surface area contributed by atoms with Gasteiger partial charge in [0.05, 0.1) is 6.04 Å². The Morgan fingerprint density at radius 3 is 2.11 bits per heavy atom. The van der Waals surface area contributed by atoms with Crippen LogP contribution in [-0.2, 0) is 19.2 Å². The zero-order valence-electron chi connectivity index (χ0n) is 21.4. The molecule has 1 aliphatic heterocycles. The predicted octanol–water partition coefficient (Wildman–Crippen LogP) is 2.19. The van der Waals surface area contributed by atoms with Gasteiger partial charge in [-0.25, -0.2) is 13.6 Å². The molecule has 204 valence electrons. The number of nitrogens with two attached hydrogens (primary N) is 1. The van der Waals surface area contributed by atoms with Crippen LogP contribution in [0.2, 0.25) is 0 Å². The first-order valence-corrected chi connectivity index (χ1v) is 12.3. The number of hydrogen-bond donors (Lipinski definition) is 4. The van der Waals surface area contributed by atoms with Crippen molar-refractivity contribution in [2.45, 2.75) is 103 Å². The van der Waals surface area contributed by atoms with Crippen LogP contribution in [0.1, 0.15) is 79.1 Å². The molecule has 2 aliphatic rings. The van der Waals surface area contributed by atoms with Gasteiger partial charge < -0.3 is 26.4 Å². The lowest BCUT2D eigenvalue weighted by molar-refractivity contribution is -0.143. The fourth-order valence-electron chi connectivity index (χ4n) is 5.23. The van der Waals surface area contributed by atoms with E-state index >= 15 is 0 Å². The summed E-state index contributed by atoms with van der Waals surface area (Å²) in [4.78, 5) is 63.6. The van der Waals surface area contributed by atoms with Crippen LogP contribution in [0.3, 0.4) is 0 Å². The highest BCUT2D eigenvalue weighted by Gasteiger charge is 2.51. The number of ketones is 1. The van der Waals surface area contributed by atoms with Crippen molar-refractivity contribution in [3.63, 3.8) is 0 Å². The third-order valence-corrected chi connectivity index (χ3v) is 7.14. The largest absolute Gasteiger partial charge is 0.465 e. The Morgan fingerprint density at radius 1 is 1.06 bits per heavy atom. The van der Waals surface area contributed by atoms with E-state index in [0.717, 1.165) is 32.1 Å². The summed E-state index contributed by atoms with van der Waals surface area (Å²) in [6.07, 6.45) is 2.05. The second-order valence-electron chi connectivity index (χ2n) is 11.4. The van der Waals surface area contributed by atoms with E-state index in [1.165, 1.54) is 4.90 Å². The van der Waals surface area contributed by atoms with Crippen molar-refractivity contribution < 1.29 is 37.9 Å².